The average molecular weight is 346 g/mol. The quantitative estimate of drug-likeness (QED) is 0.764. The van der Waals surface area contributed by atoms with Gasteiger partial charge in [0.15, 0.2) is 0 Å². The number of rotatable bonds is 3. The van der Waals surface area contributed by atoms with Crippen LogP contribution >= 0.6 is 0 Å². The fourth-order valence-electron chi connectivity index (χ4n) is 3.29. The molecule has 6 nitrogen and oxygen atoms in total. The van der Waals surface area contributed by atoms with Crippen LogP contribution in [-0.2, 0) is 11.2 Å². The molecular formula is C20H18N4O2. The Kier molecular flexibility index (Phi) is 4.01. The highest BCUT2D eigenvalue weighted by Gasteiger charge is 2.23. The molecule has 0 spiro atoms. The van der Waals surface area contributed by atoms with E-state index in [1.165, 1.54) is 6.20 Å². The number of fused-ring (bicyclic) bond motifs is 1. The lowest BCUT2D eigenvalue weighted by Gasteiger charge is -2.15. The molecule has 0 atom stereocenters. The summed E-state index contributed by atoms with van der Waals surface area (Å²) < 4.78 is 0. The van der Waals surface area contributed by atoms with Gasteiger partial charge in [0.25, 0.3) is 5.91 Å². The van der Waals surface area contributed by atoms with Gasteiger partial charge in [-0.3, -0.25) is 14.7 Å². The molecular weight excluding hydrogens is 328 g/mol. The van der Waals surface area contributed by atoms with Crippen LogP contribution in [0.15, 0.2) is 54.7 Å². The molecule has 1 aliphatic rings. The van der Waals surface area contributed by atoms with E-state index in [4.69, 9.17) is 0 Å². The van der Waals surface area contributed by atoms with E-state index < -0.39 is 0 Å². The van der Waals surface area contributed by atoms with Gasteiger partial charge in [0, 0.05) is 30.4 Å². The SMILES string of the molecule is CC(=O)N1CCc2cc(NC(=O)c3cn[nH]c3-c3ccccc3)ccc21. The fraction of sp³-hybridized carbons (Fsp3) is 0.150. The van der Waals surface area contributed by atoms with Crippen molar-refractivity contribution in [3.05, 3.63) is 65.9 Å². The van der Waals surface area contributed by atoms with Gasteiger partial charge in [-0.05, 0) is 30.2 Å². The third-order valence-electron chi connectivity index (χ3n) is 4.56. The summed E-state index contributed by atoms with van der Waals surface area (Å²) in [6, 6.07) is 15.2. The van der Waals surface area contributed by atoms with Crippen molar-refractivity contribution in [3.8, 4) is 11.3 Å². The summed E-state index contributed by atoms with van der Waals surface area (Å²) in [7, 11) is 0. The van der Waals surface area contributed by atoms with Crippen molar-refractivity contribution < 1.29 is 9.59 Å². The minimum absolute atomic E-state index is 0.0337. The highest BCUT2D eigenvalue weighted by Crippen LogP contribution is 2.31. The van der Waals surface area contributed by atoms with Gasteiger partial charge < -0.3 is 10.2 Å². The second-order valence-electron chi connectivity index (χ2n) is 6.24. The lowest BCUT2D eigenvalue weighted by molar-refractivity contribution is -0.116. The molecule has 0 bridgehead atoms. The van der Waals surface area contributed by atoms with Crippen LogP contribution in [0.1, 0.15) is 22.8 Å². The number of carbonyl (C=O) groups is 2. The summed E-state index contributed by atoms with van der Waals surface area (Å²) in [5.74, 6) is -0.189. The Hall–Kier alpha value is -3.41. The first kappa shape index (κ1) is 16.1. The van der Waals surface area contributed by atoms with Crippen LogP contribution in [0, 0.1) is 0 Å². The molecule has 2 N–H and O–H groups in total. The number of amides is 2. The number of nitrogens with zero attached hydrogens (tertiary/aromatic N) is 2. The van der Waals surface area contributed by atoms with Crippen molar-refractivity contribution in [2.45, 2.75) is 13.3 Å². The van der Waals surface area contributed by atoms with Crippen LogP contribution in [0.4, 0.5) is 11.4 Å². The zero-order chi connectivity index (χ0) is 18.1. The molecule has 0 unspecified atom stereocenters. The Balaban J connectivity index is 1.57. The number of benzene rings is 2. The maximum atomic E-state index is 12.7. The van der Waals surface area contributed by atoms with Crippen molar-refractivity contribution in [1.29, 1.82) is 0 Å². The molecule has 1 aromatic heterocycles. The van der Waals surface area contributed by atoms with Gasteiger partial charge in [0.1, 0.15) is 0 Å². The lowest BCUT2D eigenvalue weighted by atomic mass is 10.1. The van der Waals surface area contributed by atoms with Crippen LogP contribution in [0.25, 0.3) is 11.3 Å². The minimum atomic E-state index is -0.223. The molecule has 0 saturated carbocycles. The number of aromatic nitrogens is 2. The molecule has 0 fully saturated rings. The van der Waals surface area contributed by atoms with Crippen molar-refractivity contribution in [1.82, 2.24) is 10.2 Å². The molecule has 3 aromatic rings. The lowest BCUT2D eigenvalue weighted by Crippen LogP contribution is -2.25. The van der Waals surface area contributed by atoms with Gasteiger partial charge >= 0.3 is 0 Å². The van der Waals surface area contributed by atoms with E-state index in [9.17, 15) is 9.59 Å². The van der Waals surface area contributed by atoms with Crippen molar-refractivity contribution >= 4 is 23.2 Å². The molecule has 0 aliphatic carbocycles. The third kappa shape index (κ3) is 2.86. The first-order valence-corrected chi connectivity index (χ1v) is 8.44. The van der Waals surface area contributed by atoms with Gasteiger partial charge in [-0.25, -0.2) is 0 Å². The van der Waals surface area contributed by atoms with Gasteiger partial charge in [-0.1, -0.05) is 30.3 Å². The molecule has 6 heteroatoms. The van der Waals surface area contributed by atoms with Gasteiger partial charge in [0.05, 0.1) is 17.5 Å². The topological polar surface area (TPSA) is 78.1 Å². The maximum absolute atomic E-state index is 12.7. The Bertz CT molecular complexity index is 978. The summed E-state index contributed by atoms with van der Waals surface area (Å²) in [4.78, 5) is 26.1. The third-order valence-corrected chi connectivity index (χ3v) is 4.56. The second-order valence-corrected chi connectivity index (χ2v) is 6.24. The highest BCUT2D eigenvalue weighted by molar-refractivity contribution is 6.08. The van der Waals surface area contributed by atoms with Crippen LogP contribution in [0.3, 0.4) is 0 Å². The van der Waals surface area contributed by atoms with E-state index in [2.05, 4.69) is 15.5 Å². The zero-order valence-electron chi connectivity index (χ0n) is 14.3. The average Bonchev–Trinajstić information content (AvgIpc) is 3.29. The predicted octanol–water partition coefficient (Wildman–Crippen LogP) is 3.24. The largest absolute Gasteiger partial charge is 0.322 e. The molecule has 2 heterocycles. The van der Waals surface area contributed by atoms with Crippen molar-refractivity contribution in [2.24, 2.45) is 0 Å². The standard InChI is InChI=1S/C20H18N4O2/c1-13(25)24-10-9-15-11-16(7-8-18(15)24)22-20(26)17-12-21-23-19(17)14-5-3-2-4-6-14/h2-8,11-12H,9-10H2,1H3,(H,21,23)(H,22,26). The van der Waals surface area contributed by atoms with Crippen molar-refractivity contribution in [2.75, 3.05) is 16.8 Å². The second kappa shape index (κ2) is 6.48. The Morgan fingerprint density at radius 2 is 1.96 bits per heavy atom. The van der Waals surface area contributed by atoms with Crippen LogP contribution in [0.2, 0.25) is 0 Å². The zero-order valence-corrected chi connectivity index (χ0v) is 14.3. The summed E-state index contributed by atoms with van der Waals surface area (Å²) >= 11 is 0. The first-order chi connectivity index (χ1) is 12.6. The summed E-state index contributed by atoms with van der Waals surface area (Å²) in [5.41, 5.74) is 4.77. The molecule has 130 valence electrons. The number of hydrogen-bond acceptors (Lipinski definition) is 3. The Labute approximate surface area is 150 Å². The molecule has 1 aliphatic heterocycles. The van der Waals surface area contributed by atoms with E-state index >= 15 is 0 Å². The number of hydrogen-bond donors (Lipinski definition) is 2. The number of H-pyrrole nitrogens is 1. The van der Waals surface area contributed by atoms with Gasteiger partial charge in [0.2, 0.25) is 5.91 Å². The van der Waals surface area contributed by atoms with E-state index in [1.54, 1.807) is 11.8 Å². The first-order valence-electron chi connectivity index (χ1n) is 8.44. The van der Waals surface area contributed by atoms with E-state index in [-0.39, 0.29) is 11.8 Å². The van der Waals surface area contributed by atoms with E-state index in [0.29, 0.717) is 23.5 Å². The summed E-state index contributed by atoms with van der Waals surface area (Å²) in [5, 5.41) is 9.84. The Morgan fingerprint density at radius 1 is 1.15 bits per heavy atom. The number of anilines is 2. The van der Waals surface area contributed by atoms with Crippen LogP contribution in [-0.4, -0.2) is 28.6 Å². The summed E-state index contributed by atoms with van der Waals surface area (Å²) in [6.07, 6.45) is 2.32. The predicted molar refractivity (Wildman–Crippen MR) is 100 cm³/mol. The van der Waals surface area contributed by atoms with Gasteiger partial charge in [-0.2, -0.15) is 5.10 Å². The fourth-order valence-corrected chi connectivity index (χ4v) is 3.29. The molecule has 0 saturated heterocycles. The normalized spacial score (nSPS) is 12.7. The molecule has 2 amide bonds. The minimum Gasteiger partial charge on any atom is -0.322 e. The highest BCUT2D eigenvalue weighted by atomic mass is 16.2. The number of aromatic amines is 1. The number of carbonyl (C=O) groups excluding carboxylic acids is 2. The van der Waals surface area contributed by atoms with Gasteiger partial charge in [-0.15, -0.1) is 0 Å². The maximum Gasteiger partial charge on any atom is 0.259 e. The molecule has 4 rings (SSSR count). The Morgan fingerprint density at radius 3 is 2.73 bits per heavy atom. The van der Waals surface area contributed by atoms with E-state index in [0.717, 1.165) is 23.2 Å². The monoisotopic (exact) mass is 346 g/mol. The van der Waals surface area contributed by atoms with Crippen molar-refractivity contribution in [3.63, 3.8) is 0 Å². The van der Waals surface area contributed by atoms with E-state index in [1.807, 2.05) is 48.5 Å². The summed E-state index contributed by atoms with van der Waals surface area (Å²) in [6.45, 7) is 2.25. The smallest absolute Gasteiger partial charge is 0.259 e. The van der Waals surface area contributed by atoms with Crippen LogP contribution < -0.4 is 10.2 Å². The molecule has 2 aromatic carbocycles. The molecule has 26 heavy (non-hydrogen) atoms. The van der Waals surface area contributed by atoms with Crippen LogP contribution in [0.5, 0.6) is 0 Å². The molecule has 0 radical (unpaired) electrons. The number of nitrogens with one attached hydrogen (secondary N) is 2.